The summed E-state index contributed by atoms with van der Waals surface area (Å²) in [5, 5.41) is 8.77. The Kier molecular flexibility index (Phi) is 3.51. The van der Waals surface area contributed by atoms with Crippen LogP contribution in [0.3, 0.4) is 0 Å². The van der Waals surface area contributed by atoms with Crippen molar-refractivity contribution in [2.24, 2.45) is 0 Å². The summed E-state index contributed by atoms with van der Waals surface area (Å²) in [5.74, 6) is 0. The van der Waals surface area contributed by atoms with Gasteiger partial charge in [0.2, 0.25) is 0 Å². The Morgan fingerprint density at radius 2 is 2.00 bits per heavy atom. The molecule has 16 heavy (non-hydrogen) atoms. The lowest BCUT2D eigenvalue weighted by Crippen LogP contribution is -1.98. The van der Waals surface area contributed by atoms with Crippen molar-refractivity contribution in [2.75, 3.05) is 6.26 Å². The predicted octanol–water partition coefficient (Wildman–Crippen LogP) is 2.21. The lowest BCUT2D eigenvalue weighted by molar-refractivity contribution is 0.609. The molecular formula is C12H13NO2S. The van der Waals surface area contributed by atoms with E-state index in [1.54, 1.807) is 6.07 Å². The van der Waals surface area contributed by atoms with Crippen LogP contribution in [0.25, 0.3) is 6.08 Å². The highest BCUT2D eigenvalue weighted by Crippen LogP contribution is 2.16. The Labute approximate surface area is 95.9 Å². The standard InChI is InChI=1S/C12H13NO2S/c1-9-4-5-11(10(2)6-9)7-12(8-13)16(3,14)15/h4-7H,1-3H3. The lowest BCUT2D eigenvalue weighted by Gasteiger charge is -2.02. The van der Waals surface area contributed by atoms with Gasteiger partial charge in [0.05, 0.1) is 0 Å². The number of allylic oxidation sites excluding steroid dienone is 1. The van der Waals surface area contributed by atoms with Gasteiger partial charge in [0, 0.05) is 6.26 Å². The second kappa shape index (κ2) is 4.50. The third kappa shape index (κ3) is 2.94. The normalized spacial score (nSPS) is 12.2. The van der Waals surface area contributed by atoms with Gasteiger partial charge in [-0.05, 0) is 31.1 Å². The molecule has 0 atom stereocenters. The van der Waals surface area contributed by atoms with Crippen molar-refractivity contribution in [3.63, 3.8) is 0 Å². The first-order chi connectivity index (χ1) is 7.34. The zero-order valence-electron chi connectivity index (χ0n) is 9.48. The van der Waals surface area contributed by atoms with E-state index in [1.165, 1.54) is 6.08 Å². The first-order valence-electron chi connectivity index (χ1n) is 4.73. The largest absolute Gasteiger partial charge is 0.223 e. The van der Waals surface area contributed by atoms with E-state index < -0.39 is 9.84 Å². The number of aryl methyl sites for hydroxylation is 2. The van der Waals surface area contributed by atoms with Crippen LogP contribution < -0.4 is 0 Å². The van der Waals surface area contributed by atoms with Gasteiger partial charge in [-0.25, -0.2) is 8.42 Å². The zero-order chi connectivity index (χ0) is 12.3. The van der Waals surface area contributed by atoms with Gasteiger partial charge in [-0.2, -0.15) is 5.26 Å². The van der Waals surface area contributed by atoms with Crippen LogP contribution in [0.5, 0.6) is 0 Å². The average Bonchev–Trinajstić information content (AvgIpc) is 2.14. The molecule has 0 unspecified atom stereocenters. The molecule has 1 aromatic carbocycles. The Morgan fingerprint density at radius 3 is 2.44 bits per heavy atom. The van der Waals surface area contributed by atoms with Crippen LogP contribution >= 0.6 is 0 Å². The molecule has 0 N–H and O–H groups in total. The number of rotatable bonds is 2. The highest BCUT2D eigenvalue weighted by molar-refractivity contribution is 7.95. The average molecular weight is 235 g/mol. The molecule has 0 radical (unpaired) electrons. The van der Waals surface area contributed by atoms with E-state index in [0.29, 0.717) is 0 Å². The first kappa shape index (κ1) is 12.5. The molecule has 4 heteroatoms. The summed E-state index contributed by atoms with van der Waals surface area (Å²) in [7, 11) is -3.44. The predicted molar refractivity (Wildman–Crippen MR) is 64.3 cm³/mol. The van der Waals surface area contributed by atoms with E-state index >= 15 is 0 Å². The van der Waals surface area contributed by atoms with Crippen molar-refractivity contribution >= 4 is 15.9 Å². The van der Waals surface area contributed by atoms with Crippen LogP contribution in [0.15, 0.2) is 23.1 Å². The molecule has 0 spiro atoms. The van der Waals surface area contributed by atoms with Crippen molar-refractivity contribution in [3.8, 4) is 6.07 Å². The van der Waals surface area contributed by atoms with Crippen LogP contribution in [0.4, 0.5) is 0 Å². The molecule has 3 nitrogen and oxygen atoms in total. The Hall–Kier alpha value is -1.60. The van der Waals surface area contributed by atoms with E-state index in [9.17, 15) is 8.42 Å². The van der Waals surface area contributed by atoms with Gasteiger partial charge in [0.1, 0.15) is 11.0 Å². The summed E-state index contributed by atoms with van der Waals surface area (Å²) in [4.78, 5) is -0.209. The molecule has 0 aliphatic heterocycles. The lowest BCUT2D eigenvalue weighted by atomic mass is 10.1. The summed E-state index contributed by atoms with van der Waals surface area (Å²) in [6.45, 7) is 3.85. The molecule has 1 rings (SSSR count). The van der Waals surface area contributed by atoms with Crippen molar-refractivity contribution < 1.29 is 8.42 Å². The van der Waals surface area contributed by atoms with E-state index in [0.717, 1.165) is 22.9 Å². The Bertz CT molecular complexity index is 578. The van der Waals surface area contributed by atoms with E-state index in [2.05, 4.69) is 0 Å². The number of hydrogen-bond acceptors (Lipinski definition) is 3. The molecule has 0 aliphatic rings. The van der Waals surface area contributed by atoms with Crippen LogP contribution in [0, 0.1) is 25.2 Å². The molecular weight excluding hydrogens is 222 g/mol. The van der Waals surface area contributed by atoms with Crippen LogP contribution in [-0.2, 0) is 9.84 Å². The van der Waals surface area contributed by atoms with Gasteiger partial charge in [-0.15, -0.1) is 0 Å². The maximum Gasteiger partial charge on any atom is 0.185 e. The van der Waals surface area contributed by atoms with Crippen LogP contribution in [-0.4, -0.2) is 14.7 Å². The Morgan fingerprint density at radius 1 is 1.38 bits per heavy atom. The number of sulfone groups is 1. The van der Waals surface area contributed by atoms with Gasteiger partial charge in [-0.3, -0.25) is 0 Å². The summed E-state index contributed by atoms with van der Waals surface area (Å²) < 4.78 is 22.5. The van der Waals surface area contributed by atoms with Crippen molar-refractivity contribution in [1.82, 2.24) is 0 Å². The Balaban J connectivity index is 3.32. The fourth-order valence-corrected chi connectivity index (χ4v) is 1.86. The minimum absolute atomic E-state index is 0.209. The van der Waals surface area contributed by atoms with E-state index in [1.807, 2.05) is 32.0 Å². The topological polar surface area (TPSA) is 57.9 Å². The molecule has 1 aromatic rings. The van der Waals surface area contributed by atoms with Gasteiger partial charge >= 0.3 is 0 Å². The third-order valence-electron chi connectivity index (χ3n) is 2.22. The van der Waals surface area contributed by atoms with Crippen molar-refractivity contribution in [1.29, 1.82) is 5.26 Å². The molecule has 0 bridgehead atoms. The summed E-state index contributed by atoms with van der Waals surface area (Å²) in [6.07, 6.45) is 2.44. The quantitative estimate of drug-likeness (QED) is 0.738. The minimum Gasteiger partial charge on any atom is -0.223 e. The van der Waals surface area contributed by atoms with Gasteiger partial charge in [0.15, 0.2) is 9.84 Å². The van der Waals surface area contributed by atoms with Crippen molar-refractivity contribution in [3.05, 3.63) is 39.8 Å². The second-order valence-electron chi connectivity index (χ2n) is 3.75. The molecule has 0 fully saturated rings. The minimum atomic E-state index is -3.44. The molecule has 0 aromatic heterocycles. The fraction of sp³-hybridized carbons (Fsp3) is 0.250. The SMILES string of the molecule is Cc1ccc(C=C(C#N)S(C)(=O)=O)c(C)c1. The van der Waals surface area contributed by atoms with Crippen LogP contribution in [0.1, 0.15) is 16.7 Å². The van der Waals surface area contributed by atoms with E-state index in [-0.39, 0.29) is 4.91 Å². The van der Waals surface area contributed by atoms with Crippen molar-refractivity contribution in [2.45, 2.75) is 13.8 Å². The first-order valence-corrected chi connectivity index (χ1v) is 6.63. The number of benzene rings is 1. The molecule has 0 saturated heterocycles. The summed E-state index contributed by atoms with van der Waals surface area (Å²) in [6, 6.07) is 7.35. The molecule has 0 saturated carbocycles. The monoisotopic (exact) mass is 235 g/mol. The number of hydrogen-bond donors (Lipinski definition) is 0. The molecule has 84 valence electrons. The third-order valence-corrected chi connectivity index (χ3v) is 3.23. The highest BCUT2D eigenvalue weighted by Gasteiger charge is 2.10. The number of nitriles is 1. The smallest absolute Gasteiger partial charge is 0.185 e. The van der Waals surface area contributed by atoms with Gasteiger partial charge in [-0.1, -0.05) is 23.8 Å². The zero-order valence-corrected chi connectivity index (χ0v) is 10.3. The summed E-state index contributed by atoms with van der Waals surface area (Å²) >= 11 is 0. The second-order valence-corrected chi connectivity index (χ2v) is 5.74. The number of nitrogens with zero attached hydrogens (tertiary/aromatic N) is 1. The molecule has 0 heterocycles. The molecule has 0 amide bonds. The fourth-order valence-electron chi connectivity index (χ4n) is 1.35. The van der Waals surface area contributed by atoms with Gasteiger partial charge in [0.25, 0.3) is 0 Å². The maximum absolute atomic E-state index is 11.3. The highest BCUT2D eigenvalue weighted by atomic mass is 32.2. The van der Waals surface area contributed by atoms with E-state index in [4.69, 9.17) is 5.26 Å². The van der Waals surface area contributed by atoms with Crippen LogP contribution in [0.2, 0.25) is 0 Å². The van der Waals surface area contributed by atoms with Gasteiger partial charge < -0.3 is 0 Å². The molecule has 0 aliphatic carbocycles. The maximum atomic E-state index is 11.3. The summed E-state index contributed by atoms with van der Waals surface area (Å²) in [5.41, 5.74) is 2.82.